The van der Waals surface area contributed by atoms with Crippen molar-refractivity contribution < 1.29 is 38.7 Å². The van der Waals surface area contributed by atoms with Crippen LogP contribution in [0.15, 0.2) is 24.3 Å². The summed E-state index contributed by atoms with van der Waals surface area (Å²) in [5.41, 5.74) is 5.58. The molecule has 42 heavy (non-hydrogen) atoms. The van der Waals surface area contributed by atoms with E-state index in [-0.39, 0.29) is 51.2 Å². The fourth-order valence-electron chi connectivity index (χ4n) is 4.66. The van der Waals surface area contributed by atoms with E-state index in [1.165, 1.54) is 0 Å². The summed E-state index contributed by atoms with van der Waals surface area (Å²) in [6.07, 6.45) is 7.47. The number of carbonyl (C=O) groups is 2. The monoisotopic (exact) mass is 586 g/mol. The van der Waals surface area contributed by atoms with Crippen molar-refractivity contribution in [1.29, 1.82) is 0 Å². The van der Waals surface area contributed by atoms with Crippen molar-refractivity contribution >= 4 is 11.9 Å². The van der Waals surface area contributed by atoms with Gasteiger partial charge in [0.25, 0.3) is 0 Å². The molecule has 0 amide bonds. The Balaban J connectivity index is 1.50. The van der Waals surface area contributed by atoms with E-state index in [0.29, 0.717) is 37.6 Å². The van der Waals surface area contributed by atoms with Gasteiger partial charge in [0.1, 0.15) is 24.7 Å². The van der Waals surface area contributed by atoms with E-state index in [1.54, 1.807) is 0 Å². The molecule has 0 aliphatic carbocycles. The van der Waals surface area contributed by atoms with Gasteiger partial charge in [-0.2, -0.15) is 0 Å². The lowest BCUT2D eigenvalue weighted by atomic mass is 9.98. The predicted molar refractivity (Wildman–Crippen MR) is 163 cm³/mol. The number of carbonyl (C=O) groups excluding carboxylic acids is 2. The number of hydrogen-bond donors (Lipinski definition) is 2. The lowest BCUT2D eigenvalue weighted by molar-refractivity contribution is -0.146. The second-order valence-corrected chi connectivity index (χ2v) is 10.7. The van der Waals surface area contributed by atoms with Gasteiger partial charge < -0.3 is 29.2 Å². The van der Waals surface area contributed by atoms with E-state index in [2.05, 4.69) is 13.8 Å². The number of phenols is 2. The van der Waals surface area contributed by atoms with Gasteiger partial charge in [-0.05, 0) is 85.8 Å². The Morgan fingerprint density at radius 2 is 0.976 bits per heavy atom. The zero-order valence-corrected chi connectivity index (χ0v) is 26.0. The summed E-state index contributed by atoms with van der Waals surface area (Å²) in [7, 11) is 0. The smallest absolute Gasteiger partial charge is 0.306 e. The Morgan fingerprint density at radius 1 is 0.595 bits per heavy atom. The molecule has 0 saturated carbocycles. The molecule has 0 radical (unpaired) electrons. The molecule has 0 aliphatic rings. The minimum Gasteiger partial charge on any atom is -0.507 e. The first-order valence-electron chi connectivity index (χ1n) is 15.3. The van der Waals surface area contributed by atoms with Crippen LogP contribution in [0.5, 0.6) is 11.5 Å². The SMILES string of the molecule is CCCCc1cc(CCC(=O)OCCOCCOCCOC(=O)CCc2cc(C)c(O)c(CCCC)c2)cc(C)c1O. The first-order chi connectivity index (χ1) is 20.2. The predicted octanol–water partition coefficient (Wildman–Crippen LogP) is 6.08. The number of rotatable bonds is 21. The minimum atomic E-state index is -0.282. The topological polar surface area (TPSA) is 112 Å². The van der Waals surface area contributed by atoms with Crippen LogP contribution in [-0.2, 0) is 54.2 Å². The molecule has 2 aromatic rings. The average molecular weight is 587 g/mol. The number of ether oxygens (including phenoxy) is 4. The van der Waals surface area contributed by atoms with Gasteiger partial charge in [0.05, 0.1) is 26.4 Å². The van der Waals surface area contributed by atoms with Gasteiger partial charge in [-0.15, -0.1) is 0 Å². The van der Waals surface area contributed by atoms with Crippen LogP contribution in [0.2, 0.25) is 0 Å². The molecule has 0 heterocycles. The maximum absolute atomic E-state index is 12.1. The van der Waals surface area contributed by atoms with E-state index >= 15 is 0 Å². The molecule has 0 fully saturated rings. The fraction of sp³-hybridized carbons (Fsp3) is 0.588. The van der Waals surface area contributed by atoms with Crippen molar-refractivity contribution in [1.82, 2.24) is 0 Å². The number of aromatic hydroxyl groups is 2. The average Bonchev–Trinajstić information content (AvgIpc) is 2.97. The molecule has 0 unspecified atom stereocenters. The molecule has 0 aromatic heterocycles. The van der Waals surface area contributed by atoms with Crippen LogP contribution < -0.4 is 0 Å². The Kier molecular flexibility index (Phi) is 16.6. The molecule has 8 heteroatoms. The lowest BCUT2D eigenvalue weighted by Crippen LogP contribution is -2.15. The maximum Gasteiger partial charge on any atom is 0.306 e. The molecule has 2 rings (SSSR count). The number of benzene rings is 2. The Morgan fingerprint density at radius 3 is 1.36 bits per heavy atom. The van der Waals surface area contributed by atoms with Gasteiger partial charge in [0, 0.05) is 12.8 Å². The second-order valence-electron chi connectivity index (χ2n) is 10.7. The van der Waals surface area contributed by atoms with Crippen molar-refractivity contribution in [3.05, 3.63) is 57.6 Å². The van der Waals surface area contributed by atoms with Gasteiger partial charge in [-0.3, -0.25) is 9.59 Å². The van der Waals surface area contributed by atoms with Crippen LogP contribution in [-0.4, -0.2) is 61.8 Å². The van der Waals surface area contributed by atoms with Crippen molar-refractivity contribution in [3.63, 3.8) is 0 Å². The van der Waals surface area contributed by atoms with Crippen molar-refractivity contribution in [3.8, 4) is 11.5 Å². The second kappa shape index (κ2) is 19.9. The largest absolute Gasteiger partial charge is 0.507 e. The summed E-state index contributed by atoms with van der Waals surface area (Å²) in [6, 6.07) is 7.81. The number of unbranched alkanes of at least 4 members (excludes halogenated alkanes) is 2. The highest BCUT2D eigenvalue weighted by Crippen LogP contribution is 2.27. The molecule has 2 N–H and O–H groups in total. The molecule has 0 saturated heterocycles. The summed E-state index contributed by atoms with van der Waals surface area (Å²) in [6.45, 7) is 9.59. The first kappa shape index (κ1) is 35.1. The van der Waals surface area contributed by atoms with E-state index in [4.69, 9.17) is 18.9 Å². The number of hydrogen-bond acceptors (Lipinski definition) is 8. The quantitative estimate of drug-likeness (QED) is 0.134. The molecule has 0 aliphatic heterocycles. The zero-order valence-electron chi connectivity index (χ0n) is 26.0. The number of aryl methyl sites for hydroxylation is 6. The number of phenolic OH excluding ortho intramolecular Hbond substituents is 2. The summed E-state index contributed by atoms with van der Waals surface area (Å²) >= 11 is 0. The van der Waals surface area contributed by atoms with Crippen LogP contribution in [0.1, 0.15) is 85.8 Å². The van der Waals surface area contributed by atoms with Gasteiger partial charge in [0.15, 0.2) is 0 Å². The number of esters is 2. The molecular formula is C34H50O8. The lowest BCUT2D eigenvalue weighted by Gasteiger charge is -2.11. The first-order valence-corrected chi connectivity index (χ1v) is 15.3. The van der Waals surface area contributed by atoms with Crippen LogP contribution in [0, 0.1) is 13.8 Å². The summed E-state index contributed by atoms with van der Waals surface area (Å²) in [4.78, 5) is 24.2. The Hall–Kier alpha value is -3.10. The fourth-order valence-corrected chi connectivity index (χ4v) is 4.66. The van der Waals surface area contributed by atoms with Crippen molar-refractivity contribution in [2.45, 2.75) is 91.9 Å². The van der Waals surface area contributed by atoms with Crippen molar-refractivity contribution in [2.24, 2.45) is 0 Å². The minimum absolute atomic E-state index is 0.174. The molecule has 234 valence electrons. The van der Waals surface area contributed by atoms with E-state index < -0.39 is 0 Å². The molecule has 0 atom stereocenters. The van der Waals surface area contributed by atoms with Crippen LogP contribution >= 0.6 is 0 Å². The maximum atomic E-state index is 12.1. The summed E-state index contributed by atoms with van der Waals surface area (Å²) in [5.74, 6) is 0.139. The van der Waals surface area contributed by atoms with Gasteiger partial charge >= 0.3 is 11.9 Å². The van der Waals surface area contributed by atoms with E-state index in [0.717, 1.165) is 71.9 Å². The molecule has 2 aromatic carbocycles. The molecule has 0 spiro atoms. The normalized spacial score (nSPS) is 11.0. The van der Waals surface area contributed by atoms with Crippen LogP contribution in [0.25, 0.3) is 0 Å². The third-order valence-corrected chi connectivity index (χ3v) is 7.07. The van der Waals surface area contributed by atoms with Gasteiger partial charge in [-0.25, -0.2) is 0 Å². The highest BCUT2D eigenvalue weighted by molar-refractivity contribution is 5.70. The third kappa shape index (κ3) is 13.3. The van der Waals surface area contributed by atoms with E-state index in [9.17, 15) is 19.8 Å². The molecule has 8 nitrogen and oxygen atoms in total. The van der Waals surface area contributed by atoms with Crippen LogP contribution in [0.3, 0.4) is 0 Å². The molecular weight excluding hydrogens is 536 g/mol. The van der Waals surface area contributed by atoms with Crippen molar-refractivity contribution in [2.75, 3.05) is 39.6 Å². The standard InChI is InChI=1S/C34H50O8/c1-5-7-9-29-23-27(21-25(3)33(29)37)11-13-31(35)41-19-17-39-15-16-40-18-20-42-32(36)14-12-28-22-26(4)34(38)30(24-28)10-8-6-2/h21-24,37-38H,5-20H2,1-4H3. The zero-order chi connectivity index (χ0) is 30.7. The Labute approximate surface area is 251 Å². The van der Waals surface area contributed by atoms with E-state index in [1.807, 2.05) is 38.1 Å². The molecule has 0 bridgehead atoms. The summed E-state index contributed by atoms with van der Waals surface area (Å²) in [5, 5.41) is 20.5. The van der Waals surface area contributed by atoms with Gasteiger partial charge in [0.2, 0.25) is 0 Å². The van der Waals surface area contributed by atoms with Gasteiger partial charge in [-0.1, -0.05) is 51.0 Å². The highest BCUT2D eigenvalue weighted by atomic mass is 16.6. The third-order valence-electron chi connectivity index (χ3n) is 7.07. The summed E-state index contributed by atoms with van der Waals surface area (Å²) < 4.78 is 21.4. The van der Waals surface area contributed by atoms with Crippen LogP contribution in [0.4, 0.5) is 0 Å². The highest BCUT2D eigenvalue weighted by Gasteiger charge is 2.11. The Bertz CT molecular complexity index is 1020.